The van der Waals surface area contributed by atoms with E-state index in [2.05, 4.69) is 10.6 Å². The van der Waals surface area contributed by atoms with Crippen LogP contribution in [0.15, 0.2) is 0 Å². The Labute approximate surface area is 200 Å². The van der Waals surface area contributed by atoms with Crippen molar-refractivity contribution < 1.29 is 43.8 Å². The minimum atomic E-state index is -1.46. The molecule has 0 spiro atoms. The largest absolute Gasteiger partial charge is 0.481 e. The van der Waals surface area contributed by atoms with Gasteiger partial charge >= 0.3 is 11.9 Å². The van der Waals surface area contributed by atoms with Crippen molar-refractivity contribution in [3.63, 3.8) is 0 Å². The van der Waals surface area contributed by atoms with Crippen molar-refractivity contribution in [3.8, 4) is 0 Å². The summed E-state index contributed by atoms with van der Waals surface area (Å²) in [6.07, 6.45) is -0.0870. The molecule has 4 atom stereocenters. The molecule has 0 aliphatic carbocycles. The average molecular weight is 498 g/mol. The molecule has 0 aromatic rings. The Kier molecular flexibility index (Phi) is 9.50. The molecule has 2 rings (SSSR count). The maximum Gasteiger partial charge on any atom is 0.326 e. The summed E-state index contributed by atoms with van der Waals surface area (Å²) in [5, 5.41) is 23.1. The molecule has 0 bridgehead atoms. The van der Waals surface area contributed by atoms with Crippen molar-refractivity contribution in [2.75, 3.05) is 19.6 Å². The van der Waals surface area contributed by atoms with Gasteiger partial charge in [0.25, 0.3) is 0 Å². The first-order valence-corrected chi connectivity index (χ1v) is 11.1. The van der Waals surface area contributed by atoms with Gasteiger partial charge in [0, 0.05) is 13.1 Å². The van der Waals surface area contributed by atoms with Crippen molar-refractivity contribution in [1.82, 2.24) is 20.4 Å². The second kappa shape index (κ2) is 12.1. The van der Waals surface area contributed by atoms with Crippen molar-refractivity contribution in [2.24, 2.45) is 11.5 Å². The fraction of sp³-hybridized carbons (Fsp3) is 0.650. The van der Waals surface area contributed by atoms with Gasteiger partial charge in [-0.05, 0) is 25.7 Å². The molecule has 8 N–H and O–H groups in total. The van der Waals surface area contributed by atoms with Gasteiger partial charge in [-0.1, -0.05) is 0 Å². The number of nitrogens with one attached hydrogen (secondary N) is 2. The Balaban J connectivity index is 2.18. The summed E-state index contributed by atoms with van der Waals surface area (Å²) in [4.78, 5) is 87.0. The number of aliphatic carboxylic acids is 2. The van der Waals surface area contributed by atoms with Crippen LogP contribution in [0.5, 0.6) is 0 Å². The molecule has 2 heterocycles. The lowest BCUT2D eigenvalue weighted by Gasteiger charge is -2.30. The molecule has 2 aliphatic rings. The van der Waals surface area contributed by atoms with E-state index in [1.807, 2.05) is 0 Å². The van der Waals surface area contributed by atoms with Crippen LogP contribution in [0.4, 0.5) is 0 Å². The fourth-order valence-corrected chi connectivity index (χ4v) is 4.29. The third kappa shape index (κ3) is 7.11. The summed E-state index contributed by atoms with van der Waals surface area (Å²) < 4.78 is 0. The van der Waals surface area contributed by atoms with Crippen LogP contribution in [0.1, 0.15) is 38.5 Å². The van der Waals surface area contributed by atoms with Gasteiger partial charge in [-0.3, -0.25) is 28.8 Å². The second-order valence-corrected chi connectivity index (χ2v) is 8.37. The van der Waals surface area contributed by atoms with Gasteiger partial charge in [0.2, 0.25) is 29.5 Å². The van der Waals surface area contributed by atoms with Gasteiger partial charge < -0.3 is 42.1 Å². The second-order valence-electron chi connectivity index (χ2n) is 8.37. The molecule has 0 saturated carbocycles. The number of hydrogen-bond acceptors (Lipinski definition) is 8. The molecule has 5 amide bonds. The molecular weight excluding hydrogens is 468 g/mol. The number of amides is 5. The first-order valence-electron chi connectivity index (χ1n) is 11.1. The molecule has 0 unspecified atom stereocenters. The number of hydrogen-bond donors (Lipinski definition) is 6. The van der Waals surface area contributed by atoms with E-state index < -0.39 is 85.0 Å². The van der Waals surface area contributed by atoms with E-state index in [4.69, 9.17) is 16.6 Å². The Morgan fingerprint density at radius 3 is 1.83 bits per heavy atom. The first kappa shape index (κ1) is 27.5. The van der Waals surface area contributed by atoms with Gasteiger partial charge in [-0.15, -0.1) is 0 Å². The van der Waals surface area contributed by atoms with E-state index in [-0.39, 0.29) is 25.9 Å². The summed E-state index contributed by atoms with van der Waals surface area (Å²) >= 11 is 0. The average Bonchev–Trinajstić information content (AvgIpc) is 3.46. The van der Waals surface area contributed by atoms with Crippen LogP contribution >= 0.6 is 0 Å². The van der Waals surface area contributed by atoms with Crippen LogP contribution in [0.3, 0.4) is 0 Å². The fourth-order valence-electron chi connectivity index (χ4n) is 4.29. The van der Waals surface area contributed by atoms with Crippen molar-refractivity contribution in [1.29, 1.82) is 0 Å². The summed E-state index contributed by atoms with van der Waals surface area (Å²) in [6, 6.07) is -5.10. The lowest BCUT2D eigenvalue weighted by atomic mass is 10.1. The van der Waals surface area contributed by atoms with Crippen molar-refractivity contribution in [3.05, 3.63) is 0 Å². The highest BCUT2D eigenvalue weighted by molar-refractivity contribution is 5.97. The molecule has 194 valence electrons. The van der Waals surface area contributed by atoms with Crippen LogP contribution in [-0.2, 0) is 33.6 Å². The number of carboxylic acids is 2. The number of primary amides is 1. The number of nitrogens with two attached hydrogens (primary N) is 2. The Morgan fingerprint density at radius 2 is 1.34 bits per heavy atom. The zero-order chi connectivity index (χ0) is 26.3. The standard InChI is InChI=1S/C20H30N6O9/c21-9-15(28)23-11(8-16(29)30)19(33)25-5-1-3-12(25)17(31)24-10(7-14(22)27)18(32)26-6-2-4-13(26)20(34)35/h10-13H,1-9,21H2,(H2,22,27)(H,23,28)(H,24,31)(H,29,30)(H,34,35)/t10-,11-,12-,13-/m0/s1. The van der Waals surface area contributed by atoms with E-state index in [0.29, 0.717) is 12.8 Å². The lowest BCUT2D eigenvalue weighted by molar-refractivity contribution is -0.150. The number of likely N-dealkylation sites (tertiary alicyclic amines) is 2. The van der Waals surface area contributed by atoms with Crippen LogP contribution in [-0.4, -0.2) is 105 Å². The predicted octanol–water partition coefficient (Wildman–Crippen LogP) is -3.67. The van der Waals surface area contributed by atoms with Crippen LogP contribution < -0.4 is 22.1 Å². The number of carbonyl (C=O) groups is 7. The quantitative estimate of drug-likeness (QED) is 0.163. The molecule has 0 aromatic carbocycles. The van der Waals surface area contributed by atoms with Crippen molar-refractivity contribution in [2.45, 2.75) is 62.7 Å². The van der Waals surface area contributed by atoms with Gasteiger partial charge in [0.1, 0.15) is 24.2 Å². The van der Waals surface area contributed by atoms with Gasteiger partial charge in [0.05, 0.1) is 19.4 Å². The van der Waals surface area contributed by atoms with Gasteiger partial charge in [0.15, 0.2) is 0 Å². The highest BCUT2D eigenvalue weighted by Crippen LogP contribution is 2.22. The first-order chi connectivity index (χ1) is 16.5. The zero-order valence-corrected chi connectivity index (χ0v) is 19.0. The van der Waals surface area contributed by atoms with E-state index in [1.165, 1.54) is 0 Å². The molecule has 2 aliphatic heterocycles. The molecule has 15 nitrogen and oxygen atoms in total. The topological polar surface area (TPSA) is 243 Å². The number of carbonyl (C=O) groups excluding carboxylic acids is 5. The Bertz CT molecular complexity index is 894. The maximum atomic E-state index is 13.0. The van der Waals surface area contributed by atoms with Gasteiger partial charge in [-0.25, -0.2) is 4.79 Å². The molecule has 0 aromatic heterocycles. The van der Waals surface area contributed by atoms with E-state index in [1.54, 1.807) is 0 Å². The van der Waals surface area contributed by atoms with Crippen LogP contribution in [0.2, 0.25) is 0 Å². The minimum Gasteiger partial charge on any atom is -0.481 e. The third-order valence-electron chi connectivity index (χ3n) is 5.88. The molecule has 2 fully saturated rings. The van der Waals surface area contributed by atoms with Crippen molar-refractivity contribution >= 4 is 41.5 Å². The number of carboxylic acid groups (broad SMARTS) is 2. The monoisotopic (exact) mass is 498 g/mol. The zero-order valence-electron chi connectivity index (χ0n) is 19.0. The molecule has 0 radical (unpaired) electrons. The van der Waals surface area contributed by atoms with E-state index in [9.17, 15) is 38.7 Å². The normalized spacial score (nSPS) is 21.2. The minimum absolute atomic E-state index is 0.0905. The number of nitrogens with zero attached hydrogens (tertiary/aromatic N) is 2. The molecular formula is C20H30N6O9. The van der Waals surface area contributed by atoms with Crippen LogP contribution in [0, 0.1) is 0 Å². The SMILES string of the molecule is NCC(=O)N[C@@H](CC(=O)O)C(=O)N1CCC[C@H]1C(=O)N[C@@H](CC(N)=O)C(=O)N1CCC[C@H]1C(=O)O. The molecule has 15 heteroatoms. The summed E-state index contributed by atoms with van der Waals surface area (Å²) in [5.74, 6) is -6.61. The Hall–Kier alpha value is -3.75. The highest BCUT2D eigenvalue weighted by Gasteiger charge is 2.42. The predicted molar refractivity (Wildman–Crippen MR) is 116 cm³/mol. The summed E-state index contributed by atoms with van der Waals surface area (Å²) in [5.41, 5.74) is 10.5. The maximum absolute atomic E-state index is 13.0. The smallest absolute Gasteiger partial charge is 0.326 e. The lowest BCUT2D eigenvalue weighted by Crippen LogP contribution is -2.58. The molecule has 35 heavy (non-hydrogen) atoms. The number of rotatable bonds is 11. The van der Waals surface area contributed by atoms with E-state index in [0.717, 1.165) is 9.80 Å². The third-order valence-corrected chi connectivity index (χ3v) is 5.88. The Morgan fingerprint density at radius 1 is 0.829 bits per heavy atom. The highest BCUT2D eigenvalue weighted by atomic mass is 16.4. The summed E-state index contributed by atoms with van der Waals surface area (Å²) in [6.45, 7) is -0.252. The van der Waals surface area contributed by atoms with Gasteiger partial charge in [-0.2, -0.15) is 0 Å². The van der Waals surface area contributed by atoms with Crippen LogP contribution in [0.25, 0.3) is 0 Å². The van der Waals surface area contributed by atoms with E-state index >= 15 is 0 Å². The molecule has 2 saturated heterocycles. The summed E-state index contributed by atoms with van der Waals surface area (Å²) in [7, 11) is 0.